The fourth-order valence-corrected chi connectivity index (χ4v) is 1.88. The third-order valence-electron chi connectivity index (χ3n) is 3.06. The van der Waals surface area contributed by atoms with Crippen LogP contribution in [0, 0.1) is 0 Å². The van der Waals surface area contributed by atoms with Crippen molar-refractivity contribution in [2.45, 2.75) is 38.8 Å². The number of amides is 1. The highest BCUT2D eigenvalue weighted by Crippen LogP contribution is 2.18. The summed E-state index contributed by atoms with van der Waals surface area (Å²) in [4.78, 5) is 11.6. The Hall–Kier alpha value is -1.55. The maximum Gasteiger partial charge on any atom is 0.221 e. The number of rotatable bonds is 8. The van der Waals surface area contributed by atoms with Gasteiger partial charge in [-0.1, -0.05) is 12.1 Å². The molecule has 0 unspecified atom stereocenters. The first-order chi connectivity index (χ1) is 9.28. The van der Waals surface area contributed by atoms with Gasteiger partial charge in [-0.25, -0.2) is 0 Å². The molecule has 0 saturated heterocycles. The first-order valence-corrected chi connectivity index (χ1v) is 6.99. The highest BCUT2D eigenvalue weighted by molar-refractivity contribution is 5.76. The summed E-state index contributed by atoms with van der Waals surface area (Å²) in [5.74, 6) is 0.944. The first-order valence-electron chi connectivity index (χ1n) is 6.99. The summed E-state index contributed by atoms with van der Waals surface area (Å²) in [6.45, 7) is 3.95. The molecule has 0 heterocycles. The molecule has 1 aliphatic carbocycles. The summed E-state index contributed by atoms with van der Waals surface area (Å²) in [6, 6.07) is 8.49. The fraction of sp³-hybridized carbons (Fsp3) is 0.533. The van der Waals surface area contributed by atoms with E-state index in [9.17, 15) is 4.79 Å². The molecule has 19 heavy (non-hydrogen) atoms. The Morgan fingerprint density at radius 1 is 1.42 bits per heavy atom. The van der Waals surface area contributed by atoms with Crippen LogP contribution < -0.4 is 15.4 Å². The van der Waals surface area contributed by atoms with Gasteiger partial charge < -0.3 is 15.4 Å². The molecule has 0 atom stereocenters. The minimum Gasteiger partial charge on any atom is -0.494 e. The van der Waals surface area contributed by atoms with E-state index in [1.54, 1.807) is 0 Å². The van der Waals surface area contributed by atoms with Gasteiger partial charge in [0.05, 0.1) is 6.61 Å². The van der Waals surface area contributed by atoms with Gasteiger partial charge in [0.2, 0.25) is 5.91 Å². The number of carbonyl (C=O) groups is 1. The molecule has 0 aromatic heterocycles. The summed E-state index contributed by atoms with van der Waals surface area (Å²) in [6.07, 6.45) is 3.05. The lowest BCUT2D eigenvalue weighted by molar-refractivity contribution is -0.121. The Kier molecular flexibility index (Phi) is 5.21. The highest BCUT2D eigenvalue weighted by atomic mass is 16.5. The van der Waals surface area contributed by atoms with Crippen LogP contribution in [-0.4, -0.2) is 25.1 Å². The Balaban J connectivity index is 1.68. The van der Waals surface area contributed by atoms with Crippen molar-refractivity contribution in [3.8, 4) is 5.75 Å². The Labute approximate surface area is 114 Å². The van der Waals surface area contributed by atoms with E-state index in [0.717, 1.165) is 17.9 Å². The van der Waals surface area contributed by atoms with E-state index in [4.69, 9.17) is 4.74 Å². The van der Waals surface area contributed by atoms with Gasteiger partial charge in [0.15, 0.2) is 0 Å². The monoisotopic (exact) mass is 262 g/mol. The molecule has 1 aromatic carbocycles. The summed E-state index contributed by atoms with van der Waals surface area (Å²) < 4.78 is 5.43. The van der Waals surface area contributed by atoms with Crippen LogP contribution in [0.5, 0.6) is 5.75 Å². The van der Waals surface area contributed by atoms with Crippen molar-refractivity contribution < 1.29 is 9.53 Å². The quantitative estimate of drug-likeness (QED) is 0.751. The van der Waals surface area contributed by atoms with Crippen molar-refractivity contribution in [3.63, 3.8) is 0 Å². The number of hydrogen-bond acceptors (Lipinski definition) is 3. The van der Waals surface area contributed by atoms with Gasteiger partial charge in [-0.2, -0.15) is 0 Å². The van der Waals surface area contributed by atoms with Crippen molar-refractivity contribution >= 4 is 5.91 Å². The van der Waals surface area contributed by atoms with Crippen LogP contribution in [-0.2, 0) is 11.3 Å². The SMILES string of the molecule is CCOc1cccc(CNC(=O)CCNC2CC2)c1. The maximum absolute atomic E-state index is 11.6. The largest absolute Gasteiger partial charge is 0.494 e. The van der Waals surface area contributed by atoms with Crippen LogP contribution in [0.25, 0.3) is 0 Å². The van der Waals surface area contributed by atoms with E-state index < -0.39 is 0 Å². The number of benzene rings is 1. The van der Waals surface area contributed by atoms with Crippen molar-refractivity contribution in [2.24, 2.45) is 0 Å². The van der Waals surface area contributed by atoms with Crippen LogP contribution in [0.15, 0.2) is 24.3 Å². The lowest BCUT2D eigenvalue weighted by Gasteiger charge is -2.08. The lowest BCUT2D eigenvalue weighted by Crippen LogP contribution is -2.28. The molecule has 2 rings (SSSR count). The molecule has 1 aliphatic rings. The van der Waals surface area contributed by atoms with Crippen molar-refractivity contribution in [1.82, 2.24) is 10.6 Å². The average molecular weight is 262 g/mol. The molecule has 2 N–H and O–H groups in total. The van der Waals surface area contributed by atoms with Crippen LogP contribution >= 0.6 is 0 Å². The zero-order valence-corrected chi connectivity index (χ0v) is 11.4. The van der Waals surface area contributed by atoms with Gasteiger partial charge in [0.25, 0.3) is 0 Å². The van der Waals surface area contributed by atoms with E-state index in [0.29, 0.717) is 25.6 Å². The molecule has 1 amide bonds. The molecule has 0 radical (unpaired) electrons. The predicted octanol–water partition coefficient (Wildman–Crippen LogP) is 1.84. The lowest BCUT2D eigenvalue weighted by atomic mass is 10.2. The Morgan fingerprint density at radius 3 is 3.00 bits per heavy atom. The number of ether oxygens (including phenoxy) is 1. The van der Waals surface area contributed by atoms with Crippen molar-refractivity contribution in [2.75, 3.05) is 13.2 Å². The minimum atomic E-state index is 0.0926. The van der Waals surface area contributed by atoms with Crippen molar-refractivity contribution in [1.29, 1.82) is 0 Å². The summed E-state index contributed by atoms with van der Waals surface area (Å²) in [7, 11) is 0. The molecule has 104 valence electrons. The zero-order chi connectivity index (χ0) is 13.5. The molecule has 1 fully saturated rings. The molecular formula is C15H22N2O2. The number of carbonyl (C=O) groups excluding carboxylic acids is 1. The average Bonchev–Trinajstić information content (AvgIpc) is 3.21. The van der Waals surface area contributed by atoms with Gasteiger partial charge in [-0.15, -0.1) is 0 Å². The smallest absolute Gasteiger partial charge is 0.221 e. The molecule has 4 heteroatoms. The molecule has 1 aromatic rings. The van der Waals surface area contributed by atoms with Crippen LogP contribution in [0.4, 0.5) is 0 Å². The predicted molar refractivity (Wildman–Crippen MR) is 75.1 cm³/mol. The standard InChI is InChI=1S/C15H22N2O2/c1-2-19-14-5-3-4-12(10-14)11-17-15(18)8-9-16-13-6-7-13/h3-5,10,13,16H,2,6-9,11H2,1H3,(H,17,18). The van der Waals surface area contributed by atoms with Gasteiger partial charge in [-0.3, -0.25) is 4.79 Å². The third-order valence-corrected chi connectivity index (χ3v) is 3.06. The minimum absolute atomic E-state index is 0.0926. The second-order valence-corrected chi connectivity index (χ2v) is 4.84. The molecule has 0 aliphatic heterocycles. The van der Waals surface area contributed by atoms with Crippen LogP contribution in [0.1, 0.15) is 31.7 Å². The molecule has 0 bridgehead atoms. The van der Waals surface area contributed by atoms with Crippen molar-refractivity contribution in [3.05, 3.63) is 29.8 Å². The molecule has 0 spiro atoms. The van der Waals surface area contributed by atoms with Gasteiger partial charge in [-0.05, 0) is 37.5 Å². The van der Waals surface area contributed by atoms with E-state index in [1.165, 1.54) is 12.8 Å². The normalized spacial score (nSPS) is 14.2. The van der Waals surface area contributed by atoms with Crippen LogP contribution in [0.3, 0.4) is 0 Å². The second kappa shape index (κ2) is 7.14. The Morgan fingerprint density at radius 2 is 2.26 bits per heavy atom. The van der Waals surface area contributed by atoms with Crippen LogP contribution in [0.2, 0.25) is 0 Å². The summed E-state index contributed by atoms with van der Waals surface area (Å²) >= 11 is 0. The van der Waals surface area contributed by atoms with E-state index in [2.05, 4.69) is 10.6 Å². The van der Waals surface area contributed by atoms with Gasteiger partial charge in [0.1, 0.15) is 5.75 Å². The van der Waals surface area contributed by atoms with E-state index in [-0.39, 0.29) is 5.91 Å². The topological polar surface area (TPSA) is 50.4 Å². The van der Waals surface area contributed by atoms with E-state index in [1.807, 2.05) is 31.2 Å². The van der Waals surface area contributed by atoms with E-state index >= 15 is 0 Å². The zero-order valence-electron chi connectivity index (χ0n) is 11.4. The number of nitrogens with one attached hydrogen (secondary N) is 2. The summed E-state index contributed by atoms with van der Waals surface area (Å²) in [5.41, 5.74) is 1.06. The van der Waals surface area contributed by atoms with Gasteiger partial charge >= 0.3 is 0 Å². The Bertz CT molecular complexity index is 416. The second-order valence-electron chi connectivity index (χ2n) is 4.84. The molecular weight excluding hydrogens is 240 g/mol. The maximum atomic E-state index is 11.6. The summed E-state index contributed by atoms with van der Waals surface area (Å²) in [5, 5.41) is 6.26. The first kappa shape index (κ1) is 13.9. The van der Waals surface area contributed by atoms with Gasteiger partial charge in [0, 0.05) is 25.6 Å². The molecule has 4 nitrogen and oxygen atoms in total. The third kappa shape index (κ3) is 5.30. The number of hydrogen-bond donors (Lipinski definition) is 2. The highest BCUT2D eigenvalue weighted by Gasteiger charge is 2.19. The fourth-order valence-electron chi connectivity index (χ4n) is 1.88. The molecule has 1 saturated carbocycles.